The van der Waals surface area contributed by atoms with Crippen molar-refractivity contribution in [2.24, 2.45) is 4.99 Å². The molecule has 0 aliphatic rings. The fourth-order valence-corrected chi connectivity index (χ4v) is 1.65. The van der Waals surface area contributed by atoms with Gasteiger partial charge in [-0.1, -0.05) is 12.1 Å². The van der Waals surface area contributed by atoms with Crippen LogP contribution in [0.2, 0.25) is 0 Å². The highest BCUT2D eigenvalue weighted by Gasteiger charge is 1.96. The van der Waals surface area contributed by atoms with Crippen molar-refractivity contribution in [3.8, 4) is 0 Å². The Morgan fingerprint density at radius 2 is 2.20 bits per heavy atom. The molecule has 112 valence electrons. The van der Waals surface area contributed by atoms with Gasteiger partial charge in [-0.2, -0.15) is 0 Å². The van der Waals surface area contributed by atoms with E-state index >= 15 is 0 Å². The van der Waals surface area contributed by atoms with Gasteiger partial charge in [0.2, 0.25) is 5.56 Å². The summed E-state index contributed by atoms with van der Waals surface area (Å²) in [5.41, 5.74) is 0.0546. The van der Waals surface area contributed by atoms with Crippen molar-refractivity contribution in [2.45, 2.75) is 19.4 Å². The molecule has 0 saturated heterocycles. The van der Waals surface area contributed by atoms with Crippen molar-refractivity contribution in [3.63, 3.8) is 0 Å². The third-order valence-corrected chi connectivity index (χ3v) is 2.65. The average molecular weight is 390 g/mol. The van der Waals surface area contributed by atoms with Crippen molar-refractivity contribution in [2.75, 3.05) is 20.1 Å². The van der Waals surface area contributed by atoms with Gasteiger partial charge in [0, 0.05) is 38.9 Å². The van der Waals surface area contributed by atoms with Crippen LogP contribution in [0.5, 0.6) is 0 Å². The number of guanidine groups is 1. The summed E-state index contributed by atoms with van der Waals surface area (Å²) < 4.78 is 1.73. The average Bonchev–Trinajstić information content (AvgIpc) is 2.43. The fraction of sp³-hybridized carbons (Fsp3) is 0.429. The summed E-state index contributed by atoms with van der Waals surface area (Å²) in [6, 6.07) is 5.22. The molecule has 2 N–H and O–H groups in total. The molecule has 6 heteroatoms. The standard InChI is InChI=1S/C14H22N4O.HI/c1-3-9-16-14(15-2)17-10-5-7-12-18-11-6-4-8-13(18)19;/h3-4,6,8,11H,1,5,7,9-10,12H2,2H3,(H2,15,16,17);1H. The van der Waals surface area contributed by atoms with Crippen LogP contribution >= 0.6 is 24.0 Å². The van der Waals surface area contributed by atoms with Gasteiger partial charge in [-0.3, -0.25) is 9.79 Å². The van der Waals surface area contributed by atoms with Crippen LogP contribution in [0.3, 0.4) is 0 Å². The molecular formula is C14H23IN4O. The summed E-state index contributed by atoms with van der Waals surface area (Å²) >= 11 is 0. The first-order chi connectivity index (χ1) is 9.27. The van der Waals surface area contributed by atoms with E-state index in [1.807, 2.05) is 12.3 Å². The zero-order valence-electron chi connectivity index (χ0n) is 11.8. The van der Waals surface area contributed by atoms with E-state index in [0.717, 1.165) is 31.9 Å². The molecule has 0 amide bonds. The van der Waals surface area contributed by atoms with Crippen molar-refractivity contribution >= 4 is 29.9 Å². The molecule has 0 radical (unpaired) electrons. The monoisotopic (exact) mass is 390 g/mol. The predicted molar refractivity (Wildman–Crippen MR) is 94.9 cm³/mol. The Hall–Kier alpha value is -1.31. The van der Waals surface area contributed by atoms with Gasteiger partial charge in [0.1, 0.15) is 0 Å². The number of hydrogen-bond donors (Lipinski definition) is 2. The quantitative estimate of drug-likeness (QED) is 0.245. The summed E-state index contributed by atoms with van der Waals surface area (Å²) in [5, 5.41) is 6.31. The summed E-state index contributed by atoms with van der Waals surface area (Å²) in [7, 11) is 1.74. The van der Waals surface area contributed by atoms with E-state index in [1.54, 1.807) is 29.8 Å². The second-order valence-corrected chi connectivity index (χ2v) is 4.11. The van der Waals surface area contributed by atoms with Gasteiger partial charge in [0.15, 0.2) is 5.96 Å². The number of nitrogens with zero attached hydrogens (tertiary/aromatic N) is 2. The fourth-order valence-electron chi connectivity index (χ4n) is 1.65. The normalized spacial score (nSPS) is 10.6. The molecule has 0 aliphatic carbocycles. The predicted octanol–water partition coefficient (Wildman–Crippen LogP) is 1.60. The molecule has 0 aliphatic heterocycles. The molecule has 0 spiro atoms. The van der Waals surface area contributed by atoms with Gasteiger partial charge in [-0.05, 0) is 18.9 Å². The van der Waals surface area contributed by atoms with E-state index < -0.39 is 0 Å². The number of halogens is 1. The first-order valence-electron chi connectivity index (χ1n) is 6.49. The minimum Gasteiger partial charge on any atom is -0.356 e. The number of aryl methyl sites for hydroxylation is 1. The lowest BCUT2D eigenvalue weighted by Crippen LogP contribution is -2.37. The third kappa shape index (κ3) is 7.32. The highest BCUT2D eigenvalue weighted by atomic mass is 127. The lowest BCUT2D eigenvalue weighted by atomic mass is 10.3. The summed E-state index contributed by atoms with van der Waals surface area (Å²) in [5.74, 6) is 0.775. The Balaban J connectivity index is 0.00000361. The SMILES string of the molecule is C=CCNC(=NC)NCCCCn1ccccc1=O.I. The summed E-state index contributed by atoms with van der Waals surface area (Å²) in [6.07, 6.45) is 5.54. The molecule has 0 bridgehead atoms. The lowest BCUT2D eigenvalue weighted by molar-refractivity contribution is 0.586. The minimum absolute atomic E-state index is 0. The molecule has 0 aromatic carbocycles. The van der Waals surface area contributed by atoms with E-state index in [9.17, 15) is 4.79 Å². The van der Waals surface area contributed by atoms with E-state index in [1.165, 1.54) is 0 Å². The second-order valence-electron chi connectivity index (χ2n) is 4.11. The van der Waals surface area contributed by atoms with Crippen molar-refractivity contribution in [1.29, 1.82) is 0 Å². The van der Waals surface area contributed by atoms with Gasteiger partial charge in [0.25, 0.3) is 0 Å². The minimum atomic E-state index is 0. The highest BCUT2D eigenvalue weighted by Crippen LogP contribution is 1.91. The number of rotatable bonds is 7. The molecule has 0 unspecified atom stereocenters. The lowest BCUT2D eigenvalue weighted by Gasteiger charge is -2.10. The maximum atomic E-state index is 11.5. The molecule has 1 heterocycles. The number of hydrogen-bond acceptors (Lipinski definition) is 2. The smallest absolute Gasteiger partial charge is 0.250 e. The Labute approximate surface area is 137 Å². The maximum Gasteiger partial charge on any atom is 0.250 e. The Morgan fingerprint density at radius 3 is 2.85 bits per heavy atom. The van der Waals surface area contributed by atoms with E-state index in [0.29, 0.717) is 6.54 Å². The molecule has 1 aromatic rings. The van der Waals surface area contributed by atoms with Gasteiger partial charge >= 0.3 is 0 Å². The van der Waals surface area contributed by atoms with Crippen LogP contribution in [-0.4, -0.2) is 30.7 Å². The Morgan fingerprint density at radius 1 is 1.40 bits per heavy atom. The largest absolute Gasteiger partial charge is 0.356 e. The van der Waals surface area contributed by atoms with Crippen molar-refractivity contribution < 1.29 is 0 Å². The van der Waals surface area contributed by atoms with E-state index in [2.05, 4.69) is 22.2 Å². The molecule has 1 rings (SSSR count). The zero-order chi connectivity index (χ0) is 13.9. The number of unbranched alkanes of at least 4 members (excludes halogenated alkanes) is 1. The molecule has 0 atom stereocenters. The van der Waals surface area contributed by atoms with Crippen LogP contribution in [-0.2, 0) is 6.54 Å². The Bertz CT molecular complexity index is 470. The topological polar surface area (TPSA) is 58.4 Å². The van der Waals surface area contributed by atoms with Gasteiger partial charge in [-0.15, -0.1) is 30.6 Å². The van der Waals surface area contributed by atoms with Crippen LogP contribution in [0.4, 0.5) is 0 Å². The van der Waals surface area contributed by atoms with Crippen LogP contribution < -0.4 is 16.2 Å². The zero-order valence-corrected chi connectivity index (χ0v) is 14.2. The Kier molecular flexibility index (Phi) is 10.8. The second kappa shape index (κ2) is 11.5. The summed E-state index contributed by atoms with van der Waals surface area (Å²) in [6.45, 7) is 5.92. The number of pyridine rings is 1. The first-order valence-corrected chi connectivity index (χ1v) is 6.49. The first kappa shape index (κ1) is 18.7. The van der Waals surface area contributed by atoms with Crippen LogP contribution in [0.1, 0.15) is 12.8 Å². The van der Waals surface area contributed by atoms with Crippen LogP contribution in [0.25, 0.3) is 0 Å². The molecule has 20 heavy (non-hydrogen) atoms. The maximum absolute atomic E-state index is 11.5. The van der Waals surface area contributed by atoms with Gasteiger partial charge < -0.3 is 15.2 Å². The van der Waals surface area contributed by atoms with Crippen LogP contribution in [0, 0.1) is 0 Å². The number of aliphatic imine (C=N–C) groups is 1. The van der Waals surface area contributed by atoms with E-state index in [-0.39, 0.29) is 29.5 Å². The van der Waals surface area contributed by atoms with Crippen molar-refractivity contribution in [1.82, 2.24) is 15.2 Å². The molecule has 0 fully saturated rings. The van der Waals surface area contributed by atoms with E-state index in [4.69, 9.17) is 0 Å². The molecule has 1 aromatic heterocycles. The molecule has 5 nitrogen and oxygen atoms in total. The highest BCUT2D eigenvalue weighted by molar-refractivity contribution is 14.0. The van der Waals surface area contributed by atoms with Gasteiger partial charge in [-0.25, -0.2) is 0 Å². The molecular weight excluding hydrogens is 367 g/mol. The third-order valence-electron chi connectivity index (χ3n) is 2.65. The molecule has 0 saturated carbocycles. The number of nitrogens with one attached hydrogen (secondary N) is 2. The van der Waals surface area contributed by atoms with Crippen LogP contribution in [0.15, 0.2) is 46.8 Å². The van der Waals surface area contributed by atoms with Crippen molar-refractivity contribution in [3.05, 3.63) is 47.4 Å². The number of aromatic nitrogens is 1. The summed E-state index contributed by atoms with van der Waals surface area (Å²) in [4.78, 5) is 15.6. The van der Waals surface area contributed by atoms with Gasteiger partial charge in [0.05, 0.1) is 0 Å².